The largest absolute Gasteiger partial charge is 0.464 e. The molecule has 0 aliphatic rings. The van der Waals surface area contributed by atoms with E-state index in [0.29, 0.717) is 12.1 Å². The molecule has 3 nitrogen and oxygen atoms in total. The van der Waals surface area contributed by atoms with Gasteiger partial charge in [-0.25, -0.2) is 9.18 Å². The Kier molecular flexibility index (Phi) is 5.76. The number of ether oxygens (including phenoxy) is 1. The van der Waals surface area contributed by atoms with E-state index in [9.17, 15) is 9.18 Å². The molecule has 1 aromatic carbocycles. The summed E-state index contributed by atoms with van der Waals surface area (Å²) in [6.07, 6.45) is 0.865. The molecule has 0 spiro atoms. The molecule has 0 fully saturated rings. The fourth-order valence-electron chi connectivity index (χ4n) is 1.75. The van der Waals surface area contributed by atoms with Crippen LogP contribution in [0.25, 0.3) is 0 Å². The lowest BCUT2D eigenvalue weighted by molar-refractivity contribution is -0.151. The van der Waals surface area contributed by atoms with E-state index < -0.39 is 17.3 Å². The van der Waals surface area contributed by atoms with Gasteiger partial charge in [-0.05, 0) is 44.5 Å². The Morgan fingerprint density at radius 2 is 2.16 bits per heavy atom. The zero-order chi connectivity index (χ0) is 14.5. The van der Waals surface area contributed by atoms with Crippen LogP contribution in [0.3, 0.4) is 0 Å². The average molecular weight is 288 g/mol. The first-order valence-corrected chi connectivity index (χ1v) is 6.71. The van der Waals surface area contributed by atoms with Crippen LogP contribution in [-0.4, -0.2) is 19.1 Å². The number of nitrogens with one attached hydrogen (secondary N) is 1. The van der Waals surface area contributed by atoms with Gasteiger partial charge in [0.25, 0.3) is 0 Å². The van der Waals surface area contributed by atoms with Crippen LogP contribution in [-0.2, 0) is 15.1 Å². The molecule has 0 amide bonds. The van der Waals surface area contributed by atoms with Gasteiger partial charge in [-0.2, -0.15) is 0 Å². The Morgan fingerprint density at radius 1 is 1.47 bits per heavy atom. The van der Waals surface area contributed by atoms with E-state index in [0.717, 1.165) is 6.42 Å². The smallest absolute Gasteiger partial charge is 0.330 e. The zero-order valence-electron chi connectivity index (χ0n) is 11.4. The van der Waals surface area contributed by atoms with Crippen LogP contribution in [0.1, 0.15) is 32.8 Å². The molecule has 0 saturated heterocycles. The van der Waals surface area contributed by atoms with Crippen molar-refractivity contribution in [2.75, 3.05) is 13.2 Å². The van der Waals surface area contributed by atoms with Gasteiger partial charge in [0, 0.05) is 0 Å². The van der Waals surface area contributed by atoms with Crippen molar-refractivity contribution in [3.63, 3.8) is 0 Å². The highest BCUT2D eigenvalue weighted by atomic mass is 35.5. The molecule has 106 valence electrons. The Balaban J connectivity index is 3.14. The molecule has 1 N–H and O–H groups in total. The van der Waals surface area contributed by atoms with E-state index in [-0.39, 0.29) is 11.6 Å². The highest BCUT2D eigenvalue weighted by Crippen LogP contribution is 2.26. The van der Waals surface area contributed by atoms with Crippen LogP contribution in [0.2, 0.25) is 5.02 Å². The maximum atomic E-state index is 13.2. The summed E-state index contributed by atoms with van der Waals surface area (Å²) >= 11 is 5.78. The van der Waals surface area contributed by atoms with Gasteiger partial charge in [-0.1, -0.05) is 24.6 Å². The van der Waals surface area contributed by atoms with E-state index in [1.165, 1.54) is 12.1 Å². The molecule has 0 heterocycles. The second kappa shape index (κ2) is 6.87. The molecule has 0 aliphatic carbocycles. The summed E-state index contributed by atoms with van der Waals surface area (Å²) in [6.45, 7) is 6.39. The molecular formula is C14H19ClFNO2. The highest BCUT2D eigenvalue weighted by molar-refractivity contribution is 6.30. The minimum absolute atomic E-state index is 0.00804. The van der Waals surface area contributed by atoms with E-state index in [1.54, 1.807) is 19.9 Å². The lowest BCUT2D eigenvalue weighted by atomic mass is 9.91. The standard InChI is InChI=1S/C14H19ClFNO2/c1-4-8-17-14(3,13(18)19-5-2)10-6-7-12(16)11(15)9-10/h6-7,9,17H,4-5,8H2,1-3H3. The molecule has 0 radical (unpaired) electrons. The van der Waals surface area contributed by atoms with Crippen molar-refractivity contribution < 1.29 is 13.9 Å². The van der Waals surface area contributed by atoms with Crippen molar-refractivity contribution in [2.24, 2.45) is 0 Å². The average Bonchev–Trinajstić information content (AvgIpc) is 2.39. The third-order valence-corrected chi connectivity index (χ3v) is 3.20. The van der Waals surface area contributed by atoms with Crippen LogP contribution in [0.15, 0.2) is 18.2 Å². The monoisotopic (exact) mass is 287 g/mol. The molecule has 0 bridgehead atoms. The van der Waals surface area contributed by atoms with Gasteiger partial charge < -0.3 is 4.74 Å². The lowest BCUT2D eigenvalue weighted by Gasteiger charge is -2.29. The number of rotatable bonds is 6. The van der Waals surface area contributed by atoms with Crippen LogP contribution >= 0.6 is 11.6 Å². The second-order valence-electron chi connectivity index (χ2n) is 4.40. The number of carbonyl (C=O) groups is 1. The molecule has 1 unspecified atom stereocenters. The first kappa shape index (κ1) is 15.9. The first-order chi connectivity index (χ1) is 8.95. The molecule has 1 rings (SSSR count). The van der Waals surface area contributed by atoms with Gasteiger partial charge in [0.2, 0.25) is 0 Å². The van der Waals surface area contributed by atoms with Crippen molar-refractivity contribution >= 4 is 17.6 Å². The van der Waals surface area contributed by atoms with Crippen molar-refractivity contribution in [3.05, 3.63) is 34.6 Å². The number of benzene rings is 1. The quantitative estimate of drug-likeness (QED) is 0.816. The van der Waals surface area contributed by atoms with Gasteiger partial charge in [-0.3, -0.25) is 5.32 Å². The summed E-state index contributed by atoms with van der Waals surface area (Å²) in [5.41, 5.74) is -0.436. The van der Waals surface area contributed by atoms with Gasteiger partial charge in [0.05, 0.1) is 11.6 Å². The summed E-state index contributed by atoms with van der Waals surface area (Å²) < 4.78 is 18.3. The van der Waals surface area contributed by atoms with Crippen LogP contribution in [0.4, 0.5) is 4.39 Å². The van der Waals surface area contributed by atoms with E-state index in [4.69, 9.17) is 16.3 Å². The fraction of sp³-hybridized carbons (Fsp3) is 0.500. The molecular weight excluding hydrogens is 269 g/mol. The Labute approximate surface area is 118 Å². The maximum Gasteiger partial charge on any atom is 0.330 e. The van der Waals surface area contributed by atoms with Gasteiger partial charge in [0.15, 0.2) is 0 Å². The molecule has 1 aromatic rings. The summed E-state index contributed by atoms with van der Waals surface area (Å²) in [5, 5.41) is 3.13. The predicted octanol–water partition coefficient (Wildman–Crippen LogP) is 3.26. The third kappa shape index (κ3) is 3.67. The molecule has 0 aromatic heterocycles. The second-order valence-corrected chi connectivity index (χ2v) is 4.81. The Morgan fingerprint density at radius 3 is 2.68 bits per heavy atom. The molecule has 1 atom stereocenters. The highest BCUT2D eigenvalue weighted by Gasteiger charge is 2.36. The van der Waals surface area contributed by atoms with Crippen molar-refractivity contribution in [3.8, 4) is 0 Å². The Bertz CT molecular complexity index is 453. The topological polar surface area (TPSA) is 38.3 Å². The number of esters is 1. The number of halogens is 2. The van der Waals surface area contributed by atoms with Gasteiger partial charge in [-0.15, -0.1) is 0 Å². The van der Waals surface area contributed by atoms with E-state index in [1.807, 2.05) is 6.92 Å². The van der Waals surface area contributed by atoms with Crippen LogP contribution in [0.5, 0.6) is 0 Å². The summed E-state index contributed by atoms with van der Waals surface area (Å²) in [6, 6.07) is 4.25. The summed E-state index contributed by atoms with van der Waals surface area (Å²) in [7, 11) is 0. The van der Waals surface area contributed by atoms with Crippen molar-refractivity contribution in [2.45, 2.75) is 32.7 Å². The molecule has 0 saturated carbocycles. The van der Waals surface area contributed by atoms with E-state index in [2.05, 4.69) is 5.32 Å². The summed E-state index contributed by atoms with van der Waals surface area (Å²) in [4.78, 5) is 12.1. The minimum Gasteiger partial charge on any atom is -0.464 e. The van der Waals surface area contributed by atoms with Crippen molar-refractivity contribution in [1.29, 1.82) is 0 Å². The number of carbonyl (C=O) groups excluding carboxylic acids is 1. The molecule has 5 heteroatoms. The molecule has 19 heavy (non-hydrogen) atoms. The number of hydrogen-bond donors (Lipinski definition) is 1. The summed E-state index contributed by atoms with van der Waals surface area (Å²) in [5.74, 6) is -0.904. The van der Waals surface area contributed by atoms with E-state index >= 15 is 0 Å². The lowest BCUT2D eigenvalue weighted by Crippen LogP contribution is -2.48. The normalized spacial score (nSPS) is 13.9. The van der Waals surface area contributed by atoms with Crippen LogP contribution < -0.4 is 5.32 Å². The third-order valence-electron chi connectivity index (χ3n) is 2.91. The van der Waals surface area contributed by atoms with Crippen LogP contribution in [0, 0.1) is 5.82 Å². The predicted molar refractivity (Wildman–Crippen MR) is 73.7 cm³/mol. The number of hydrogen-bond acceptors (Lipinski definition) is 3. The van der Waals surface area contributed by atoms with Crippen molar-refractivity contribution in [1.82, 2.24) is 5.32 Å². The minimum atomic E-state index is -1.02. The van der Waals surface area contributed by atoms with Gasteiger partial charge >= 0.3 is 5.97 Å². The zero-order valence-corrected chi connectivity index (χ0v) is 12.2. The maximum absolute atomic E-state index is 13.2. The Hall–Kier alpha value is -1.13. The molecule has 0 aliphatic heterocycles. The fourth-order valence-corrected chi connectivity index (χ4v) is 1.93. The first-order valence-electron chi connectivity index (χ1n) is 6.33. The SMILES string of the molecule is CCCNC(C)(C(=O)OCC)c1ccc(F)c(Cl)c1. The van der Waals surface area contributed by atoms with Gasteiger partial charge in [0.1, 0.15) is 11.4 Å².